The first-order valence-electron chi connectivity index (χ1n) is 3.22. The maximum atomic E-state index is 10.8. The molecule has 0 radical (unpaired) electrons. The van der Waals surface area contributed by atoms with E-state index in [-0.39, 0.29) is 5.54 Å². The van der Waals surface area contributed by atoms with Crippen LogP contribution in [0.5, 0.6) is 0 Å². The molecule has 1 heterocycles. The fourth-order valence-electron chi connectivity index (χ4n) is 2.51. The van der Waals surface area contributed by atoms with Crippen LogP contribution in [-0.2, 0) is 0 Å². The predicted molar refractivity (Wildman–Crippen MR) is 27.4 cm³/mol. The second-order valence-electron chi connectivity index (χ2n) is 3.50. The van der Waals surface area contributed by atoms with Gasteiger partial charge in [-0.3, -0.25) is 0 Å². The SMILES string of the molecule is CC12C3CC3C1[N+]2=O. The fraction of sp³-hybridized carbons (Fsp3) is 1.00. The summed E-state index contributed by atoms with van der Waals surface area (Å²) < 4.78 is 1.28. The molecule has 2 saturated carbocycles. The maximum Gasteiger partial charge on any atom is 0.276 e. The minimum Gasteiger partial charge on any atom is -0.0326 e. The minimum absolute atomic E-state index is 0.157. The monoisotopic (exact) mass is 110 g/mol. The van der Waals surface area contributed by atoms with Crippen LogP contribution in [0.4, 0.5) is 0 Å². The van der Waals surface area contributed by atoms with Crippen molar-refractivity contribution in [3.63, 3.8) is 0 Å². The summed E-state index contributed by atoms with van der Waals surface area (Å²) in [6.07, 6.45) is 1.35. The average molecular weight is 110 g/mol. The summed E-state index contributed by atoms with van der Waals surface area (Å²) in [6, 6.07) is 0.465. The molecule has 0 aromatic carbocycles. The van der Waals surface area contributed by atoms with Gasteiger partial charge in [0.25, 0.3) is 11.6 Å². The number of fused-ring (bicyclic) bond motifs is 4. The largest absolute Gasteiger partial charge is 0.276 e. The highest BCUT2D eigenvalue weighted by atomic mass is 16.3. The molecule has 2 heteroatoms. The molecule has 3 aliphatic rings. The van der Waals surface area contributed by atoms with E-state index in [9.17, 15) is 4.91 Å². The van der Waals surface area contributed by atoms with Crippen molar-refractivity contribution in [3.05, 3.63) is 4.91 Å². The summed E-state index contributed by atoms with van der Waals surface area (Å²) in [5.74, 6) is 1.64. The van der Waals surface area contributed by atoms with Crippen molar-refractivity contribution in [2.75, 3.05) is 0 Å². The van der Waals surface area contributed by atoms with E-state index in [2.05, 4.69) is 6.92 Å². The second kappa shape index (κ2) is 0.598. The summed E-state index contributed by atoms with van der Waals surface area (Å²) in [7, 11) is 0. The van der Waals surface area contributed by atoms with Crippen LogP contribution in [-0.4, -0.2) is 16.3 Å². The molecule has 1 aliphatic heterocycles. The molecule has 0 aromatic heterocycles. The highest BCUT2D eigenvalue weighted by molar-refractivity contribution is 5.26. The van der Waals surface area contributed by atoms with Gasteiger partial charge in [-0.2, -0.15) is 0 Å². The van der Waals surface area contributed by atoms with Gasteiger partial charge >= 0.3 is 0 Å². The Balaban J connectivity index is 2.15. The maximum absolute atomic E-state index is 10.8. The second-order valence-corrected chi connectivity index (χ2v) is 3.50. The number of nitroso groups, excluding NO2 is 1. The Kier molecular flexibility index (Phi) is 0.269. The fourth-order valence-corrected chi connectivity index (χ4v) is 2.51. The van der Waals surface area contributed by atoms with Crippen molar-refractivity contribution in [2.45, 2.75) is 24.9 Å². The summed E-state index contributed by atoms with van der Waals surface area (Å²) in [5.41, 5.74) is 0.157. The molecule has 1 saturated heterocycles. The number of piperidine rings is 1. The summed E-state index contributed by atoms with van der Waals surface area (Å²) in [4.78, 5) is 10.8. The molecule has 0 spiro atoms. The van der Waals surface area contributed by atoms with Crippen molar-refractivity contribution >= 4 is 0 Å². The third-order valence-electron chi connectivity index (χ3n) is 3.25. The lowest BCUT2D eigenvalue weighted by atomic mass is 9.87. The molecule has 2 nitrogen and oxygen atoms in total. The molecule has 0 amide bonds. The van der Waals surface area contributed by atoms with E-state index in [1.807, 2.05) is 0 Å². The lowest BCUT2D eigenvalue weighted by Gasteiger charge is -1.99. The van der Waals surface area contributed by atoms with Crippen molar-refractivity contribution in [1.82, 2.24) is 0 Å². The first-order chi connectivity index (χ1) is 3.76. The van der Waals surface area contributed by atoms with Gasteiger partial charge in [-0.1, -0.05) is 0 Å². The van der Waals surface area contributed by atoms with Crippen molar-refractivity contribution < 1.29 is 4.76 Å². The summed E-state index contributed by atoms with van der Waals surface area (Å²) in [5, 5.41) is 0. The van der Waals surface area contributed by atoms with E-state index in [1.165, 1.54) is 11.2 Å². The van der Waals surface area contributed by atoms with E-state index in [4.69, 9.17) is 0 Å². The first kappa shape index (κ1) is 3.59. The summed E-state index contributed by atoms with van der Waals surface area (Å²) >= 11 is 0. The Morgan fingerprint density at radius 3 is 2.75 bits per heavy atom. The van der Waals surface area contributed by atoms with Crippen LogP contribution in [0.2, 0.25) is 0 Å². The van der Waals surface area contributed by atoms with Gasteiger partial charge in [0.2, 0.25) is 0 Å². The number of hydrogen-bond acceptors (Lipinski definition) is 1. The van der Waals surface area contributed by atoms with Gasteiger partial charge in [-0.25, -0.2) is 0 Å². The van der Waals surface area contributed by atoms with Gasteiger partial charge in [0.1, 0.15) is 0 Å². The normalized spacial score (nSPS) is 72.6. The zero-order chi connectivity index (χ0) is 5.52. The standard InChI is InChI=1S/C6H8NO/c1-6-4-2-3(4)5(6)7(6)8/h3-5H,2H2,1H3/q+1. The first-order valence-corrected chi connectivity index (χ1v) is 3.22. The molecule has 0 aromatic rings. The topological polar surface area (TPSA) is 20.1 Å². The van der Waals surface area contributed by atoms with E-state index >= 15 is 0 Å². The van der Waals surface area contributed by atoms with Crippen LogP contribution in [0.3, 0.4) is 0 Å². The summed E-state index contributed by atoms with van der Waals surface area (Å²) in [6.45, 7) is 2.10. The smallest absolute Gasteiger partial charge is 0.0326 e. The van der Waals surface area contributed by atoms with Crippen LogP contribution in [0.15, 0.2) is 0 Å². The van der Waals surface area contributed by atoms with E-state index in [0.717, 1.165) is 11.8 Å². The van der Waals surface area contributed by atoms with Gasteiger partial charge in [0, 0.05) is 28.4 Å². The molecular formula is C6H8NO+. The Hall–Kier alpha value is -0.400. The molecule has 8 heavy (non-hydrogen) atoms. The predicted octanol–water partition coefficient (Wildman–Crippen LogP) is 0.556. The number of nitrogens with zero attached hydrogens (tertiary/aromatic N) is 1. The quantitative estimate of drug-likeness (QED) is 0.329. The van der Waals surface area contributed by atoms with Crippen molar-refractivity contribution in [3.8, 4) is 0 Å². The van der Waals surface area contributed by atoms with Crippen LogP contribution in [0.1, 0.15) is 13.3 Å². The molecule has 3 rings (SSSR count). The number of hydrogen-bond donors (Lipinski definition) is 0. The molecular weight excluding hydrogens is 102 g/mol. The van der Waals surface area contributed by atoms with Crippen molar-refractivity contribution in [2.24, 2.45) is 11.8 Å². The Morgan fingerprint density at radius 2 is 2.50 bits per heavy atom. The van der Waals surface area contributed by atoms with Crippen molar-refractivity contribution in [1.29, 1.82) is 0 Å². The van der Waals surface area contributed by atoms with Crippen LogP contribution < -0.4 is 0 Å². The van der Waals surface area contributed by atoms with Crippen LogP contribution in [0.25, 0.3) is 0 Å². The average Bonchev–Trinajstić information content (AvgIpc) is 2.48. The zero-order valence-electron chi connectivity index (χ0n) is 4.79. The van der Waals surface area contributed by atoms with Crippen LogP contribution >= 0.6 is 0 Å². The van der Waals surface area contributed by atoms with E-state index < -0.39 is 0 Å². The van der Waals surface area contributed by atoms with Gasteiger partial charge in [-0.15, -0.1) is 0 Å². The van der Waals surface area contributed by atoms with E-state index in [0.29, 0.717) is 6.04 Å². The third-order valence-corrected chi connectivity index (χ3v) is 3.25. The lowest BCUT2D eigenvalue weighted by Crippen LogP contribution is -2.25. The zero-order valence-corrected chi connectivity index (χ0v) is 4.79. The molecule has 42 valence electrons. The third kappa shape index (κ3) is 0.135. The Bertz CT molecular complexity index is 201. The van der Waals surface area contributed by atoms with Gasteiger partial charge in [0.15, 0.2) is 0 Å². The Labute approximate surface area is 47.5 Å². The highest BCUT2D eigenvalue weighted by Gasteiger charge is 2.97. The van der Waals surface area contributed by atoms with Gasteiger partial charge in [0.05, 0.1) is 0 Å². The molecule has 4 unspecified atom stereocenters. The molecule has 3 fully saturated rings. The highest BCUT2D eigenvalue weighted by Crippen LogP contribution is 2.74. The van der Waals surface area contributed by atoms with Gasteiger partial charge in [-0.05, 0) is 6.42 Å². The van der Waals surface area contributed by atoms with Gasteiger partial charge < -0.3 is 0 Å². The Morgan fingerprint density at radius 1 is 1.75 bits per heavy atom. The van der Waals surface area contributed by atoms with E-state index in [1.54, 1.807) is 0 Å². The molecule has 4 atom stereocenters. The lowest BCUT2D eigenvalue weighted by molar-refractivity contribution is -0.420. The molecule has 0 bridgehead atoms. The minimum atomic E-state index is 0.157. The molecule has 2 aliphatic carbocycles. The van der Waals surface area contributed by atoms with Crippen LogP contribution in [0, 0.1) is 16.7 Å². The number of rotatable bonds is 0. The molecule has 0 N–H and O–H groups in total.